The van der Waals surface area contributed by atoms with Gasteiger partial charge in [-0.05, 0) is 18.9 Å². The van der Waals surface area contributed by atoms with E-state index in [9.17, 15) is 10.2 Å². The third kappa shape index (κ3) is 3.37. The minimum atomic E-state index is -0.492. The molecule has 4 heteroatoms. The molecule has 0 amide bonds. The predicted octanol–water partition coefficient (Wildman–Crippen LogP) is 1.01. The van der Waals surface area contributed by atoms with E-state index in [4.69, 9.17) is 15.9 Å². The largest absolute Gasteiger partial charge is 0.390 e. The number of terminal acetylenes is 1. The summed E-state index contributed by atoms with van der Waals surface area (Å²) in [6.07, 6.45) is 9.63. The van der Waals surface area contributed by atoms with Gasteiger partial charge in [0.2, 0.25) is 0 Å². The van der Waals surface area contributed by atoms with Crippen LogP contribution in [0.1, 0.15) is 32.6 Å². The fourth-order valence-corrected chi connectivity index (χ4v) is 2.85. The lowest BCUT2D eigenvalue weighted by molar-refractivity contribution is -0.0732. The summed E-state index contributed by atoms with van der Waals surface area (Å²) in [7, 11) is 0. The molecule has 2 rings (SSSR count). The molecule has 2 fully saturated rings. The summed E-state index contributed by atoms with van der Waals surface area (Å²) in [6, 6.07) is 0. The average Bonchev–Trinajstić information content (AvgIpc) is 2.93. The smallest absolute Gasteiger partial charge is 0.0874 e. The van der Waals surface area contributed by atoms with Crippen molar-refractivity contribution in [1.29, 1.82) is 0 Å². The molecular formula is C15H22O4. The summed E-state index contributed by atoms with van der Waals surface area (Å²) in [5, 5.41) is 19.8. The summed E-state index contributed by atoms with van der Waals surface area (Å²) < 4.78 is 11.6. The van der Waals surface area contributed by atoms with E-state index < -0.39 is 12.2 Å². The van der Waals surface area contributed by atoms with Crippen molar-refractivity contribution in [3.05, 3.63) is 12.2 Å². The molecule has 2 N–H and O–H groups in total. The third-order valence-corrected chi connectivity index (χ3v) is 3.90. The van der Waals surface area contributed by atoms with E-state index in [0.717, 1.165) is 6.42 Å². The number of allylic oxidation sites excluding steroid dienone is 1. The van der Waals surface area contributed by atoms with Crippen LogP contribution in [-0.2, 0) is 9.47 Å². The second kappa shape index (κ2) is 6.53. The molecule has 0 aliphatic carbocycles. The van der Waals surface area contributed by atoms with E-state index in [1.54, 1.807) is 6.08 Å². The van der Waals surface area contributed by atoms with Crippen LogP contribution in [0.5, 0.6) is 0 Å². The first-order chi connectivity index (χ1) is 9.15. The van der Waals surface area contributed by atoms with E-state index in [0.29, 0.717) is 19.3 Å². The van der Waals surface area contributed by atoms with Gasteiger partial charge in [0.25, 0.3) is 0 Å². The summed E-state index contributed by atoms with van der Waals surface area (Å²) in [6.45, 7) is 1.99. The van der Waals surface area contributed by atoms with Crippen molar-refractivity contribution in [1.82, 2.24) is 0 Å². The Morgan fingerprint density at radius 1 is 1.16 bits per heavy atom. The lowest BCUT2D eigenvalue weighted by atomic mass is 10.0. The van der Waals surface area contributed by atoms with Crippen LogP contribution in [0.3, 0.4) is 0 Å². The Bertz CT molecular complexity index is 360. The highest BCUT2D eigenvalue weighted by molar-refractivity contribution is 5.09. The van der Waals surface area contributed by atoms with E-state index in [-0.39, 0.29) is 24.4 Å². The summed E-state index contributed by atoms with van der Waals surface area (Å²) in [5.41, 5.74) is 0. The van der Waals surface area contributed by atoms with Crippen molar-refractivity contribution >= 4 is 0 Å². The van der Waals surface area contributed by atoms with E-state index >= 15 is 0 Å². The lowest BCUT2D eigenvalue weighted by Gasteiger charge is -2.19. The van der Waals surface area contributed by atoms with Gasteiger partial charge in [-0.1, -0.05) is 18.9 Å². The van der Waals surface area contributed by atoms with Crippen LogP contribution < -0.4 is 0 Å². The number of ether oxygens (including phenoxy) is 2. The molecule has 0 aromatic rings. The normalized spacial score (nSPS) is 42.8. The van der Waals surface area contributed by atoms with E-state index in [2.05, 4.69) is 5.92 Å². The van der Waals surface area contributed by atoms with E-state index in [1.807, 2.05) is 13.0 Å². The summed E-state index contributed by atoms with van der Waals surface area (Å²) in [5.74, 6) is 2.42. The topological polar surface area (TPSA) is 58.9 Å². The van der Waals surface area contributed by atoms with Gasteiger partial charge in [-0.2, -0.15) is 0 Å². The van der Waals surface area contributed by atoms with E-state index in [1.165, 1.54) is 0 Å². The van der Waals surface area contributed by atoms with Gasteiger partial charge >= 0.3 is 0 Å². The second-order valence-corrected chi connectivity index (χ2v) is 5.25. The molecule has 4 nitrogen and oxygen atoms in total. The number of hydrogen-bond acceptors (Lipinski definition) is 4. The van der Waals surface area contributed by atoms with Gasteiger partial charge in [-0.3, -0.25) is 0 Å². The molecule has 0 spiro atoms. The van der Waals surface area contributed by atoms with Crippen molar-refractivity contribution in [2.24, 2.45) is 0 Å². The van der Waals surface area contributed by atoms with Crippen LogP contribution in [-0.4, -0.2) is 46.8 Å². The van der Waals surface area contributed by atoms with Crippen LogP contribution in [0.15, 0.2) is 12.2 Å². The first-order valence-electron chi connectivity index (χ1n) is 6.93. The molecule has 2 saturated heterocycles. The van der Waals surface area contributed by atoms with Crippen LogP contribution in [0.25, 0.3) is 0 Å². The number of rotatable bonds is 4. The number of aliphatic hydroxyl groups is 2. The van der Waals surface area contributed by atoms with Gasteiger partial charge in [-0.25, -0.2) is 0 Å². The van der Waals surface area contributed by atoms with Gasteiger partial charge in [-0.15, -0.1) is 6.42 Å². The molecule has 0 aromatic carbocycles. The molecule has 0 saturated carbocycles. The van der Waals surface area contributed by atoms with Gasteiger partial charge < -0.3 is 19.7 Å². The summed E-state index contributed by atoms with van der Waals surface area (Å²) in [4.78, 5) is 0. The highest BCUT2D eigenvalue weighted by atomic mass is 16.6. The number of aliphatic hydroxyl groups excluding tert-OH is 2. The van der Waals surface area contributed by atoms with Crippen molar-refractivity contribution in [2.75, 3.05) is 0 Å². The Balaban J connectivity index is 1.87. The highest BCUT2D eigenvalue weighted by Gasteiger charge is 2.43. The molecule has 0 radical (unpaired) electrons. The zero-order valence-corrected chi connectivity index (χ0v) is 11.2. The Hall–Kier alpha value is -0.860. The zero-order chi connectivity index (χ0) is 13.8. The second-order valence-electron chi connectivity index (χ2n) is 5.25. The van der Waals surface area contributed by atoms with Crippen LogP contribution in [0.4, 0.5) is 0 Å². The van der Waals surface area contributed by atoms with Gasteiger partial charge in [0.1, 0.15) is 0 Å². The minimum absolute atomic E-state index is 0.105. The standard InChI is InChI=1S/C15H22O4/c1-3-5-6-7-13-11(17)9-15(19-13)14-8-10(16)12(4-2)18-14/h1,5-6,10-17H,4,7-9H2,2H3/b6-5-/t10-,11-,12-,13+,14-,15+/m1/s1. The van der Waals surface area contributed by atoms with Gasteiger partial charge in [0.15, 0.2) is 0 Å². The molecule has 2 aliphatic heterocycles. The van der Waals surface area contributed by atoms with Crippen molar-refractivity contribution < 1.29 is 19.7 Å². The third-order valence-electron chi connectivity index (χ3n) is 3.90. The minimum Gasteiger partial charge on any atom is -0.390 e. The highest BCUT2D eigenvalue weighted by Crippen LogP contribution is 2.33. The molecule has 0 unspecified atom stereocenters. The fraction of sp³-hybridized carbons (Fsp3) is 0.733. The zero-order valence-electron chi connectivity index (χ0n) is 11.2. The Morgan fingerprint density at radius 3 is 2.26 bits per heavy atom. The van der Waals surface area contributed by atoms with Crippen molar-refractivity contribution in [2.45, 2.75) is 69.2 Å². The Kier molecular flexibility index (Phi) is 5.00. The fourth-order valence-electron chi connectivity index (χ4n) is 2.85. The molecule has 0 aromatic heterocycles. The molecule has 19 heavy (non-hydrogen) atoms. The lowest BCUT2D eigenvalue weighted by Crippen LogP contribution is -2.26. The van der Waals surface area contributed by atoms with Crippen molar-refractivity contribution in [3.8, 4) is 12.3 Å². The maximum absolute atomic E-state index is 9.98. The number of hydrogen-bond donors (Lipinski definition) is 2. The van der Waals surface area contributed by atoms with Crippen LogP contribution in [0, 0.1) is 12.3 Å². The maximum atomic E-state index is 9.98. The Morgan fingerprint density at radius 2 is 1.74 bits per heavy atom. The molecule has 2 aliphatic rings. The molecule has 6 atom stereocenters. The molecule has 0 bridgehead atoms. The first-order valence-corrected chi connectivity index (χ1v) is 6.93. The van der Waals surface area contributed by atoms with Crippen molar-refractivity contribution in [3.63, 3.8) is 0 Å². The quantitative estimate of drug-likeness (QED) is 0.746. The van der Waals surface area contributed by atoms with Crippen LogP contribution in [0.2, 0.25) is 0 Å². The first kappa shape index (κ1) is 14.5. The molecule has 2 heterocycles. The molecule has 106 valence electrons. The Labute approximate surface area is 114 Å². The van der Waals surface area contributed by atoms with Crippen LogP contribution >= 0.6 is 0 Å². The SMILES string of the molecule is C#C/C=C\C[C@@H]1O[C@H]([C@H]2C[C@@H](O)[C@@H](CC)O2)C[C@H]1O. The summed E-state index contributed by atoms with van der Waals surface area (Å²) >= 11 is 0. The molecular weight excluding hydrogens is 244 g/mol. The van der Waals surface area contributed by atoms with Gasteiger partial charge in [0.05, 0.1) is 36.6 Å². The average molecular weight is 266 g/mol. The predicted molar refractivity (Wildman–Crippen MR) is 71.5 cm³/mol. The van der Waals surface area contributed by atoms with Gasteiger partial charge in [0, 0.05) is 12.8 Å². The maximum Gasteiger partial charge on any atom is 0.0874 e. The monoisotopic (exact) mass is 266 g/mol.